The second kappa shape index (κ2) is 8.33. The number of H-pyrrole nitrogens is 1. The fourth-order valence-corrected chi connectivity index (χ4v) is 3.86. The minimum absolute atomic E-state index is 0.0346. The van der Waals surface area contributed by atoms with Gasteiger partial charge in [0.25, 0.3) is 0 Å². The van der Waals surface area contributed by atoms with E-state index in [0.29, 0.717) is 38.9 Å². The largest absolute Gasteiger partial charge is 0.467 e. The monoisotopic (exact) mass is 379 g/mol. The first-order chi connectivity index (χ1) is 13.7. The third-order valence-corrected chi connectivity index (χ3v) is 5.52. The molecule has 1 fully saturated rings. The average Bonchev–Trinajstić information content (AvgIpc) is 3.40. The predicted octanol–water partition coefficient (Wildman–Crippen LogP) is 3.25. The Morgan fingerprint density at radius 1 is 1.14 bits per heavy atom. The van der Waals surface area contributed by atoms with Crippen molar-refractivity contribution in [3.63, 3.8) is 0 Å². The lowest BCUT2D eigenvalue weighted by Gasteiger charge is -2.31. The van der Waals surface area contributed by atoms with Gasteiger partial charge >= 0.3 is 0 Å². The molecule has 2 N–H and O–H groups in total. The van der Waals surface area contributed by atoms with Crippen LogP contribution in [0.25, 0.3) is 10.9 Å². The molecule has 0 radical (unpaired) electrons. The third-order valence-electron chi connectivity index (χ3n) is 5.52. The zero-order valence-corrected chi connectivity index (χ0v) is 15.8. The first kappa shape index (κ1) is 18.3. The van der Waals surface area contributed by atoms with E-state index in [-0.39, 0.29) is 17.7 Å². The molecule has 3 heterocycles. The van der Waals surface area contributed by atoms with Gasteiger partial charge in [0, 0.05) is 42.5 Å². The molecular formula is C22H25N3O3. The average molecular weight is 379 g/mol. The molecule has 1 aromatic carbocycles. The predicted molar refractivity (Wildman–Crippen MR) is 106 cm³/mol. The van der Waals surface area contributed by atoms with Crippen LogP contribution < -0.4 is 5.32 Å². The van der Waals surface area contributed by atoms with Gasteiger partial charge in [-0.05, 0) is 43.0 Å². The number of likely N-dealkylation sites (tertiary alicyclic amines) is 1. The summed E-state index contributed by atoms with van der Waals surface area (Å²) in [6.07, 6.45) is 6.24. The number of hydrogen-bond donors (Lipinski definition) is 2. The summed E-state index contributed by atoms with van der Waals surface area (Å²) in [7, 11) is 0. The molecule has 3 aromatic rings. The molecule has 0 aliphatic carbocycles. The van der Waals surface area contributed by atoms with Crippen molar-refractivity contribution in [2.45, 2.75) is 32.2 Å². The van der Waals surface area contributed by atoms with Gasteiger partial charge in [-0.25, -0.2) is 0 Å². The highest BCUT2D eigenvalue weighted by Crippen LogP contribution is 2.21. The van der Waals surface area contributed by atoms with Gasteiger partial charge in [-0.2, -0.15) is 0 Å². The summed E-state index contributed by atoms with van der Waals surface area (Å²) < 4.78 is 5.23. The number of furan rings is 1. The van der Waals surface area contributed by atoms with E-state index < -0.39 is 0 Å². The number of nitrogens with zero attached hydrogens (tertiary/aromatic N) is 1. The number of nitrogens with one attached hydrogen (secondary N) is 2. The molecule has 2 amide bonds. The lowest BCUT2D eigenvalue weighted by atomic mass is 9.95. The Morgan fingerprint density at radius 2 is 1.96 bits per heavy atom. The van der Waals surface area contributed by atoms with Crippen molar-refractivity contribution >= 4 is 22.7 Å². The van der Waals surface area contributed by atoms with Gasteiger partial charge in [-0.15, -0.1) is 0 Å². The number of carbonyl (C=O) groups excluding carboxylic acids is 2. The van der Waals surface area contributed by atoms with Crippen molar-refractivity contribution < 1.29 is 14.0 Å². The van der Waals surface area contributed by atoms with Crippen LogP contribution in [0.1, 0.15) is 30.6 Å². The van der Waals surface area contributed by atoms with Crippen molar-refractivity contribution in [2.75, 3.05) is 13.1 Å². The fraction of sp³-hybridized carbons (Fsp3) is 0.364. The third kappa shape index (κ3) is 4.11. The van der Waals surface area contributed by atoms with Gasteiger partial charge < -0.3 is 19.6 Å². The molecule has 6 heteroatoms. The Balaban J connectivity index is 1.23. The van der Waals surface area contributed by atoms with Crippen molar-refractivity contribution in [1.29, 1.82) is 0 Å². The molecule has 0 unspecified atom stereocenters. The molecule has 6 nitrogen and oxygen atoms in total. The van der Waals surface area contributed by atoms with Crippen LogP contribution in [0.3, 0.4) is 0 Å². The number of fused-ring (bicyclic) bond motifs is 1. The topological polar surface area (TPSA) is 78.3 Å². The summed E-state index contributed by atoms with van der Waals surface area (Å²) in [5.74, 6) is 0.924. The van der Waals surface area contributed by atoms with E-state index in [1.807, 2.05) is 41.4 Å². The molecule has 0 spiro atoms. The quantitative estimate of drug-likeness (QED) is 0.690. The molecule has 0 saturated carbocycles. The van der Waals surface area contributed by atoms with Gasteiger partial charge in [0.05, 0.1) is 12.8 Å². The van der Waals surface area contributed by atoms with Crippen LogP contribution in [0.4, 0.5) is 0 Å². The zero-order valence-electron chi connectivity index (χ0n) is 15.8. The fourth-order valence-electron chi connectivity index (χ4n) is 3.86. The van der Waals surface area contributed by atoms with Crippen LogP contribution in [0.15, 0.2) is 53.3 Å². The van der Waals surface area contributed by atoms with Crippen LogP contribution in [-0.4, -0.2) is 34.8 Å². The van der Waals surface area contributed by atoms with E-state index in [2.05, 4.69) is 16.4 Å². The van der Waals surface area contributed by atoms with Crippen LogP contribution in [0, 0.1) is 5.92 Å². The highest BCUT2D eigenvalue weighted by atomic mass is 16.3. The summed E-state index contributed by atoms with van der Waals surface area (Å²) in [6.45, 7) is 1.70. The van der Waals surface area contributed by atoms with E-state index >= 15 is 0 Å². The lowest BCUT2D eigenvalue weighted by molar-refractivity contribution is -0.135. The van der Waals surface area contributed by atoms with Crippen molar-refractivity contribution in [1.82, 2.24) is 15.2 Å². The number of aromatic amines is 1. The number of rotatable bonds is 6. The molecule has 0 atom stereocenters. The highest BCUT2D eigenvalue weighted by molar-refractivity contribution is 5.84. The molecule has 1 saturated heterocycles. The van der Waals surface area contributed by atoms with Gasteiger partial charge in [0.15, 0.2) is 0 Å². The van der Waals surface area contributed by atoms with Gasteiger partial charge in [-0.3, -0.25) is 9.59 Å². The van der Waals surface area contributed by atoms with Crippen LogP contribution in [0.2, 0.25) is 0 Å². The Kier molecular flexibility index (Phi) is 5.46. The van der Waals surface area contributed by atoms with Gasteiger partial charge in [-0.1, -0.05) is 18.2 Å². The van der Waals surface area contributed by atoms with E-state index in [1.165, 1.54) is 10.9 Å². The van der Waals surface area contributed by atoms with Gasteiger partial charge in [0.1, 0.15) is 5.76 Å². The molecule has 1 aliphatic heterocycles. The van der Waals surface area contributed by atoms with Crippen LogP contribution >= 0.6 is 0 Å². The Bertz CT molecular complexity index is 937. The number of carbonyl (C=O) groups is 2. The first-order valence-electron chi connectivity index (χ1n) is 9.83. The maximum atomic E-state index is 12.6. The number of aryl methyl sites for hydroxylation is 1. The lowest BCUT2D eigenvalue weighted by Crippen LogP contribution is -2.43. The number of piperidine rings is 1. The summed E-state index contributed by atoms with van der Waals surface area (Å²) in [6, 6.07) is 11.8. The smallest absolute Gasteiger partial charge is 0.223 e. The first-order valence-corrected chi connectivity index (χ1v) is 9.83. The van der Waals surface area contributed by atoms with Crippen LogP contribution in [-0.2, 0) is 22.6 Å². The van der Waals surface area contributed by atoms with Gasteiger partial charge in [0.2, 0.25) is 11.8 Å². The van der Waals surface area contributed by atoms with Crippen LogP contribution in [0.5, 0.6) is 0 Å². The SMILES string of the molecule is O=C(NCc1ccco1)C1CCN(C(=O)CCc2c[nH]c3ccccc23)CC1. The summed E-state index contributed by atoms with van der Waals surface area (Å²) in [4.78, 5) is 30.1. The van der Waals surface area contributed by atoms with E-state index in [1.54, 1.807) is 6.26 Å². The normalized spacial score (nSPS) is 15.1. The Morgan fingerprint density at radius 3 is 2.75 bits per heavy atom. The molecule has 28 heavy (non-hydrogen) atoms. The molecule has 146 valence electrons. The maximum absolute atomic E-state index is 12.6. The molecular weight excluding hydrogens is 354 g/mol. The standard InChI is InChI=1S/C22H25N3O3/c26-21(8-7-17-14-23-20-6-2-1-5-19(17)20)25-11-9-16(10-12-25)22(27)24-15-18-4-3-13-28-18/h1-6,13-14,16,23H,7-12,15H2,(H,24,27). The second-order valence-corrected chi connectivity index (χ2v) is 7.31. The number of aromatic nitrogens is 1. The maximum Gasteiger partial charge on any atom is 0.223 e. The molecule has 2 aromatic heterocycles. The number of hydrogen-bond acceptors (Lipinski definition) is 3. The summed E-state index contributed by atoms with van der Waals surface area (Å²) in [5.41, 5.74) is 2.28. The summed E-state index contributed by atoms with van der Waals surface area (Å²) >= 11 is 0. The number of para-hydroxylation sites is 1. The van der Waals surface area contributed by atoms with E-state index in [9.17, 15) is 9.59 Å². The summed E-state index contributed by atoms with van der Waals surface area (Å²) in [5, 5.41) is 4.10. The molecule has 4 rings (SSSR count). The Labute approximate surface area is 163 Å². The minimum atomic E-state index is -0.0346. The molecule has 0 bridgehead atoms. The van der Waals surface area contributed by atoms with Crippen molar-refractivity contribution in [3.8, 4) is 0 Å². The zero-order chi connectivity index (χ0) is 19.3. The second-order valence-electron chi connectivity index (χ2n) is 7.31. The Hall–Kier alpha value is -3.02. The van der Waals surface area contributed by atoms with Crippen molar-refractivity contribution in [3.05, 3.63) is 60.2 Å². The number of amides is 2. The highest BCUT2D eigenvalue weighted by Gasteiger charge is 2.27. The minimum Gasteiger partial charge on any atom is -0.467 e. The van der Waals surface area contributed by atoms with E-state index in [4.69, 9.17) is 4.42 Å². The van der Waals surface area contributed by atoms with Crippen molar-refractivity contribution in [2.24, 2.45) is 5.92 Å². The molecule has 1 aliphatic rings. The van der Waals surface area contributed by atoms with E-state index in [0.717, 1.165) is 17.7 Å². The number of benzene rings is 1.